The number of benzene rings is 1. The largest absolute Gasteiger partial charge is 0.492 e. The van der Waals surface area contributed by atoms with Crippen molar-refractivity contribution in [1.82, 2.24) is 9.88 Å². The number of anilines is 1. The zero-order chi connectivity index (χ0) is 25.4. The van der Waals surface area contributed by atoms with Crippen molar-refractivity contribution in [3.05, 3.63) is 33.9 Å². The highest BCUT2D eigenvalue weighted by molar-refractivity contribution is 5.97. The minimum Gasteiger partial charge on any atom is -0.492 e. The van der Waals surface area contributed by atoms with E-state index in [4.69, 9.17) is 14.9 Å². The average molecular weight is 492 g/mol. The van der Waals surface area contributed by atoms with Gasteiger partial charge in [0.05, 0.1) is 18.0 Å². The van der Waals surface area contributed by atoms with Crippen LogP contribution in [-0.2, 0) is 4.79 Å². The third kappa shape index (κ3) is 4.83. The fraction of sp³-hybridized carbons (Fsp3) is 0.542. The number of hydrogen-bond acceptors (Lipinski definition) is 7. The van der Waals surface area contributed by atoms with Gasteiger partial charge in [0.15, 0.2) is 11.6 Å². The SMILES string of the molecule is CC(O)C(=O)O.COc1c(N2C[C@@H]3CCCN[C@@H]3C2)c(F)cc2c(=O)c(C(=O)O)cn(C3CC3)c12. The molecule has 35 heavy (non-hydrogen) atoms. The average Bonchev–Trinajstić information content (AvgIpc) is 3.57. The molecule has 0 amide bonds. The number of piperidine rings is 1. The molecule has 3 fully saturated rings. The quantitative estimate of drug-likeness (QED) is 0.493. The zero-order valence-electron chi connectivity index (χ0n) is 19.7. The second-order valence-electron chi connectivity index (χ2n) is 9.33. The Balaban J connectivity index is 0.000000431. The van der Waals surface area contributed by atoms with Gasteiger partial charge < -0.3 is 34.8 Å². The Hall–Kier alpha value is -3.18. The van der Waals surface area contributed by atoms with Crippen molar-refractivity contribution >= 4 is 28.5 Å². The monoisotopic (exact) mass is 491 g/mol. The van der Waals surface area contributed by atoms with Gasteiger partial charge in [-0.2, -0.15) is 0 Å². The summed E-state index contributed by atoms with van der Waals surface area (Å²) in [5.41, 5.74) is -0.155. The number of nitrogens with zero attached hydrogens (tertiary/aromatic N) is 2. The molecule has 2 saturated heterocycles. The fourth-order valence-corrected chi connectivity index (χ4v) is 4.95. The number of ether oxygens (including phenoxy) is 1. The standard InChI is InChI=1S/C21H24FN3O4.C3H6O3/c1-29-20-17-13(19(26)14(21(27)28)9-25(17)12-4-5-12)7-15(22)18(20)24-8-11-3-2-6-23-16(11)10-24;1-2(4)3(5)6/h7,9,11-12,16,23H,2-6,8,10H2,1H3,(H,27,28);2,4H,1H3,(H,5,6)/t11-,16+;/m0./s1. The molecule has 5 rings (SSSR count). The number of nitrogens with one attached hydrogen (secondary N) is 1. The minimum atomic E-state index is -1.30. The number of pyridine rings is 1. The van der Waals surface area contributed by atoms with Crippen molar-refractivity contribution in [3.8, 4) is 5.75 Å². The highest BCUT2D eigenvalue weighted by Crippen LogP contribution is 2.45. The first kappa shape index (κ1) is 24.9. The van der Waals surface area contributed by atoms with Crippen molar-refractivity contribution < 1.29 is 34.0 Å². The number of carboxylic acids is 2. The Labute approximate surface area is 200 Å². The second kappa shape index (κ2) is 9.82. The minimum absolute atomic E-state index is 0.0599. The summed E-state index contributed by atoms with van der Waals surface area (Å²) in [6.45, 7) is 3.59. The lowest BCUT2D eigenvalue weighted by atomic mass is 9.94. The molecule has 1 unspecified atom stereocenters. The first-order chi connectivity index (χ1) is 16.6. The second-order valence-corrected chi connectivity index (χ2v) is 9.33. The molecule has 11 heteroatoms. The van der Waals surface area contributed by atoms with E-state index in [1.807, 2.05) is 4.90 Å². The van der Waals surface area contributed by atoms with Crippen molar-refractivity contribution in [3.63, 3.8) is 0 Å². The third-order valence-electron chi connectivity index (χ3n) is 6.85. The molecular formula is C24H30FN3O7. The predicted octanol–water partition coefficient (Wildman–Crippen LogP) is 1.82. The van der Waals surface area contributed by atoms with Crippen LogP contribution in [-0.4, -0.2) is 70.7 Å². The molecule has 190 valence electrons. The van der Waals surface area contributed by atoms with Crippen molar-refractivity contribution in [2.24, 2.45) is 5.92 Å². The van der Waals surface area contributed by atoms with E-state index in [9.17, 15) is 19.5 Å². The maximum atomic E-state index is 15.3. The summed E-state index contributed by atoms with van der Waals surface area (Å²) in [4.78, 5) is 35.8. The van der Waals surface area contributed by atoms with Crippen LogP contribution in [0, 0.1) is 11.7 Å². The number of aliphatic hydroxyl groups is 1. The van der Waals surface area contributed by atoms with Crippen molar-refractivity contribution in [1.29, 1.82) is 0 Å². The van der Waals surface area contributed by atoms with Crippen LogP contribution < -0.4 is 20.4 Å². The zero-order valence-corrected chi connectivity index (χ0v) is 19.7. The van der Waals surface area contributed by atoms with Gasteiger partial charge in [-0.3, -0.25) is 4.79 Å². The number of halogens is 1. The lowest BCUT2D eigenvalue weighted by Crippen LogP contribution is -2.40. The summed E-state index contributed by atoms with van der Waals surface area (Å²) in [6.07, 6.45) is 4.17. The molecule has 1 aromatic heterocycles. The van der Waals surface area contributed by atoms with Crippen LogP contribution in [0.2, 0.25) is 0 Å². The summed E-state index contributed by atoms with van der Waals surface area (Å²) < 4.78 is 22.8. The number of rotatable bonds is 5. The maximum Gasteiger partial charge on any atom is 0.341 e. The number of methoxy groups -OCH3 is 1. The van der Waals surface area contributed by atoms with Gasteiger partial charge in [-0.15, -0.1) is 0 Å². The van der Waals surface area contributed by atoms with Gasteiger partial charge >= 0.3 is 11.9 Å². The number of carboxylic acid groups (broad SMARTS) is 2. The van der Waals surface area contributed by atoms with Crippen molar-refractivity contribution in [2.45, 2.75) is 50.8 Å². The van der Waals surface area contributed by atoms with Gasteiger partial charge in [0.25, 0.3) is 0 Å². The number of aromatic nitrogens is 1. The summed E-state index contributed by atoms with van der Waals surface area (Å²) in [7, 11) is 1.48. The third-order valence-corrected chi connectivity index (χ3v) is 6.85. The molecule has 1 saturated carbocycles. The van der Waals surface area contributed by atoms with E-state index >= 15 is 4.39 Å². The first-order valence-corrected chi connectivity index (χ1v) is 11.7. The van der Waals surface area contributed by atoms with Gasteiger partial charge in [0, 0.05) is 31.4 Å². The summed E-state index contributed by atoms with van der Waals surface area (Å²) in [5, 5.41) is 28.8. The van der Waals surface area contributed by atoms with Crippen LogP contribution in [0.25, 0.3) is 10.9 Å². The molecule has 3 aliphatic rings. The molecule has 10 nitrogen and oxygen atoms in total. The molecule has 1 aliphatic carbocycles. The van der Waals surface area contributed by atoms with E-state index in [1.165, 1.54) is 26.3 Å². The van der Waals surface area contributed by atoms with Gasteiger partial charge in [-0.1, -0.05) is 0 Å². The van der Waals surface area contributed by atoms with Crippen LogP contribution >= 0.6 is 0 Å². The highest BCUT2D eigenvalue weighted by Gasteiger charge is 2.38. The summed E-state index contributed by atoms with van der Waals surface area (Å²) >= 11 is 0. The van der Waals surface area contributed by atoms with E-state index in [0.29, 0.717) is 35.5 Å². The number of aliphatic hydroxyl groups excluding tert-OH is 1. The Morgan fingerprint density at radius 3 is 2.46 bits per heavy atom. The van der Waals surface area contributed by atoms with Gasteiger partial charge in [-0.25, -0.2) is 14.0 Å². The van der Waals surface area contributed by atoms with Gasteiger partial charge in [-0.05, 0) is 51.1 Å². The number of carbonyl (C=O) groups is 2. The molecule has 0 spiro atoms. The predicted molar refractivity (Wildman–Crippen MR) is 126 cm³/mol. The van der Waals surface area contributed by atoms with Crippen LogP contribution in [0.3, 0.4) is 0 Å². The Morgan fingerprint density at radius 1 is 1.23 bits per heavy atom. The number of fused-ring (bicyclic) bond motifs is 2. The molecule has 2 aliphatic heterocycles. The lowest BCUT2D eigenvalue weighted by Gasteiger charge is -2.25. The Morgan fingerprint density at radius 2 is 1.91 bits per heavy atom. The van der Waals surface area contributed by atoms with Gasteiger partial charge in [0.1, 0.15) is 17.4 Å². The number of aliphatic carboxylic acids is 1. The lowest BCUT2D eigenvalue weighted by molar-refractivity contribution is -0.145. The number of aromatic carboxylic acids is 1. The van der Waals surface area contributed by atoms with Crippen LogP contribution in [0.4, 0.5) is 10.1 Å². The van der Waals surface area contributed by atoms with Crippen LogP contribution in [0.15, 0.2) is 17.1 Å². The summed E-state index contributed by atoms with van der Waals surface area (Å²) in [5.74, 6) is -2.25. The molecule has 1 aromatic carbocycles. The van der Waals surface area contributed by atoms with Gasteiger partial charge in [0.2, 0.25) is 5.43 Å². The van der Waals surface area contributed by atoms with E-state index in [1.54, 1.807) is 4.57 Å². The summed E-state index contributed by atoms with van der Waals surface area (Å²) in [6, 6.07) is 1.62. The van der Waals surface area contributed by atoms with E-state index < -0.39 is 29.3 Å². The molecule has 0 bridgehead atoms. The number of hydrogen-bond donors (Lipinski definition) is 4. The molecule has 3 atom stereocenters. The smallest absolute Gasteiger partial charge is 0.341 e. The molecular weight excluding hydrogens is 461 g/mol. The van der Waals surface area contributed by atoms with Crippen LogP contribution in [0.1, 0.15) is 49.0 Å². The Kier molecular flexibility index (Phi) is 7.00. The first-order valence-electron chi connectivity index (χ1n) is 11.7. The topological polar surface area (TPSA) is 141 Å². The molecule has 4 N–H and O–H groups in total. The normalized spacial score (nSPS) is 22.2. The maximum absolute atomic E-state index is 15.3. The molecule has 3 heterocycles. The molecule has 0 radical (unpaired) electrons. The van der Waals surface area contributed by atoms with E-state index in [2.05, 4.69) is 5.32 Å². The van der Waals surface area contributed by atoms with E-state index in [0.717, 1.165) is 38.8 Å². The highest BCUT2D eigenvalue weighted by atomic mass is 19.1. The van der Waals surface area contributed by atoms with Crippen LogP contribution in [0.5, 0.6) is 5.75 Å². The van der Waals surface area contributed by atoms with Crippen molar-refractivity contribution in [2.75, 3.05) is 31.6 Å². The fourth-order valence-electron chi connectivity index (χ4n) is 4.95. The molecule has 2 aromatic rings. The Bertz CT molecular complexity index is 1190. The van der Waals surface area contributed by atoms with E-state index in [-0.39, 0.29) is 17.0 Å².